The van der Waals surface area contributed by atoms with Gasteiger partial charge in [-0.25, -0.2) is 0 Å². The molecule has 0 amide bonds. The van der Waals surface area contributed by atoms with E-state index in [-0.39, 0.29) is 11.8 Å². The molecule has 0 aliphatic carbocycles. The van der Waals surface area contributed by atoms with Gasteiger partial charge in [0.15, 0.2) is 0 Å². The van der Waals surface area contributed by atoms with Crippen LogP contribution in [0.15, 0.2) is 48.8 Å². The SMILES string of the molecule is NNC(Cc1ccncc1)c1ccc(OC(F)(F)F)cc1. The van der Waals surface area contributed by atoms with E-state index in [4.69, 9.17) is 5.84 Å². The normalized spacial score (nSPS) is 13.0. The molecule has 1 aromatic carbocycles. The number of nitrogens with zero attached hydrogens (tertiary/aromatic N) is 1. The first-order chi connectivity index (χ1) is 9.98. The van der Waals surface area contributed by atoms with Gasteiger partial charge in [0.1, 0.15) is 5.75 Å². The summed E-state index contributed by atoms with van der Waals surface area (Å²) in [6.07, 6.45) is -0.755. The Labute approximate surface area is 119 Å². The molecule has 0 aliphatic heterocycles. The molecule has 21 heavy (non-hydrogen) atoms. The number of rotatable bonds is 5. The Morgan fingerprint density at radius 2 is 1.71 bits per heavy atom. The molecule has 0 radical (unpaired) electrons. The molecule has 0 saturated heterocycles. The number of hydrogen-bond donors (Lipinski definition) is 2. The number of pyridine rings is 1. The minimum atomic E-state index is -4.69. The molecule has 1 aromatic heterocycles. The third kappa shape index (κ3) is 4.73. The lowest BCUT2D eigenvalue weighted by molar-refractivity contribution is -0.274. The van der Waals surface area contributed by atoms with Crippen LogP contribution in [0.5, 0.6) is 5.75 Å². The zero-order valence-corrected chi connectivity index (χ0v) is 11.0. The van der Waals surface area contributed by atoms with Crippen molar-refractivity contribution in [1.29, 1.82) is 0 Å². The second-order valence-electron chi connectivity index (χ2n) is 4.40. The fraction of sp³-hybridized carbons (Fsp3) is 0.214. The van der Waals surface area contributed by atoms with Gasteiger partial charge >= 0.3 is 6.36 Å². The number of alkyl halides is 3. The predicted molar refractivity (Wildman–Crippen MR) is 71.1 cm³/mol. The highest BCUT2D eigenvalue weighted by Gasteiger charge is 2.31. The minimum absolute atomic E-state index is 0.215. The van der Waals surface area contributed by atoms with Crippen LogP contribution >= 0.6 is 0 Å². The van der Waals surface area contributed by atoms with Gasteiger partial charge in [-0.1, -0.05) is 12.1 Å². The number of halogens is 3. The van der Waals surface area contributed by atoms with Gasteiger partial charge in [-0.3, -0.25) is 16.3 Å². The quantitative estimate of drug-likeness (QED) is 0.658. The molecule has 7 heteroatoms. The van der Waals surface area contributed by atoms with Crippen LogP contribution in [0.1, 0.15) is 17.2 Å². The number of aromatic nitrogens is 1. The van der Waals surface area contributed by atoms with E-state index >= 15 is 0 Å². The van der Waals surface area contributed by atoms with Gasteiger partial charge < -0.3 is 4.74 Å². The zero-order valence-electron chi connectivity index (χ0n) is 11.0. The maximum atomic E-state index is 12.1. The van der Waals surface area contributed by atoms with Gasteiger partial charge in [0.05, 0.1) is 0 Å². The van der Waals surface area contributed by atoms with Crippen molar-refractivity contribution in [1.82, 2.24) is 10.4 Å². The minimum Gasteiger partial charge on any atom is -0.406 e. The van der Waals surface area contributed by atoms with Crippen LogP contribution in [0.2, 0.25) is 0 Å². The molecule has 1 atom stereocenters. The Balaban J connectivity index is 2.08. The number of hydrazine groups is 1. The number of nitrogens with one attached hydrogen (secondary N) is 1. The lowest BCUT2D eigenvalue weighted by atomic mass is 10.00. The van der Waals surface area contributed by atoms with Gasteiger partial charge in [0.2, 0.25) is 0 Å². The van der Waals surface area contributed by atoms with Gasteiger partial charge in [-0.05, 0) is 41.8 Å². The fourth-order valence-corrected chi connectivity index (χ4v) is 1.93. The van der Waals surface area contributed by atoms with E-state index in [0.29, 0.717) is 6.42 Å². The second kappa shape index (κ2) is 6.55. The molecule has 0 bridgehead atoms. The van der Waals surface area contributed by atoms with Gasteiger partial charge in [-0.2, -0.15) is 0 Å². The largest absolute Gasteiger partial charge is 0.573 e. The van der Waals surface area contributed by atoms with Crippen LogP contribution in [0, 0.1) is 0 Å². The summed E-state index contributed by atoms with van der Waals surface area (Å²) in [4.78, 5) is 3.92. The lowest BCUT2D eigenvalue weighted by Gasteiger charge is -2.17. The van der Waals surface area contributed by atoms with Gasteiger partial charge in [0.25, 0.3) is 0 Å². The molecule has 1 unspecified atom stereocenters. The van der Waals surface area contributed by atoms with Crippen LogP contribution < -0.4 is 16.0 Å². The Bertz CT molecular complexity index is 558. The van der Waals surface area contributed by atoms with Crippen LogP contribution in [0.25, 0.3) is 0 Å². The summed E-state index contributed by atoms with van der Waals surface area (Å²) in [6, 6.07) is 9.11. The average molecular weight is 297 g/mol. The van der Waals surface area contributed by atoms with Crippen molar-refractivity contribution in [3.8, 4) is 5.75 Å². The standard InChI is InChI=1S/C14H14F3N3O/c15-14(16,17)21-12-3-1-11(2-4-12)13(20-18)9-10-5-7-19-8-6-10/h1-8,13,20H,9,18H2. The molecule has 0 spiro atoms. The molecule has 3 N–H and O–H groups in total. The summed E-state index contributed by atoms with van der Waals surface area (Å²) in [6.45, 7) is 0. The fourth-order valence-electron chi connectivity index (χ4n) is 1.93. The Kier molecular flexibility index (Phi) is 4.77. The Morgan fingerprint density at radius 3 is 2.24 bits per heavy atom. The summed E-state index contributed by atoms with van der Waals surface area (Å²) in [7, 11) is 0. The zero-order chi connectivity index (χ0) is 15.3. The molecule has 112 valence electrons. The monoisotopic (exact) mass is 297 g/mol. The van der Waals surface area contributed by atoms with E-state index in [1.165, 1.54) is 12.1 Å². The maximum absolute atomic E-state index is 12.1. The third-order valence-electron chi connectivity index (χ3n) is 2.91. The molecule has 0 saturated carbocycles. The smallest absolute Gasteiger partial charge is 0.406 e. The number of hydrogen-bond acceptors (Lipinski definition) is 4. The third-order valence-corrected chi connectivity index (χ3v) is 2.91. The van der Waals surface area contributed by atoms with E-state index < -0.39 is 6.36 Å². The maximum Gasteiger partial charge on any atom is 0.573 e. The van der Waals surface area contributed by atoms with Crippen LogP contribution in [0.3, 0.4) is 0 Å². The molecule has 2 aromatic rings. The summed E-state index contributed by atoms with van der Waals surface area (Å²) >= 11 is 0. The van der Waals surface area contributed by atoms with Crippen LogP contribution in [-0.2, 0) is 6.42 Å². The van der Waals surface area contributed by atoms with E-state index in [9.17, 15) is 13.2 Å². The van der Waals surface area contributed by atoms with E-state index in [1.54, 1.807) is 24.5 Å². The molecule has 0 fully saturated rings. The van der Waals surface area contributed by atoms with Crippen molar-refractivity contribution in [2.75, 3.05) is 0 Å². The molecule has 1 heterocycles. The van der Waals surface area contributed by atoms with Crippen LogP contribution in [0.4, 0.5) is 13.2 Å². The number of nitrogens with two attached hydrogens (primary N) is 1. The number of ether oxygens (including phenoxy) is 1. The first kappa shape index (κ1) is 15.3. The summed E-state index contributed by atoms with van der Waals surface area (Å²) in [5, 5.41) is 0. The number of benzene rings is 1. The summed E-state index contributed by atoms with van der Waals surface area (Å²) < 4.78 is 40.1. The van der Waals surface area contributed by atoms with Crippen molar-refractivity contribution < 1.29 is 17.9 Å². The van der Waals surface area contributed by atoms with Crippen molar-refractivity contribution in [2.24, 2.45) is 5.84 Å². The summed E-state index contributed by atoms with van der Waals surface area (Å²) in [5.41, 5.74) is 4.44. The Morgan fingerprint density at radius 1 is 1.10 bits per heavy atom. The van der Waals surface area contributed by atoms with Gasteiger partial charge in [0, 0.05) is 18.4 Å². The van der Waals surface area contributed by atoms with Crippen molar-refractivity contribution >= 4 is 0 Å². The van der Waals surface area contributed by atoms with Crippen molar-refractivity contribution in [3.63, 3.8) is 0 Å². The van der Waals surface area contributed by atoms with Crippen molar-refractivity contribution in [3.05, 3.63) is 59.9 Å². The summed E-state index contributed by atoms with van der Waals surface area (Å²) in [5.74, 6) is 5.26. The predicted octanol–water partition coefficient (Wildman–Crippen LogP) is 2.73. The first-order valence-corrected chi connectivity index (χ1v) is 6.18. The topological polar surface area (TPSA) is 60.2 Å². The van der Waals surface area contributed by atoms with Crippen molar-refractivity contribution in [2.45, 2.75) is 18.8 Å². The highest BCUT2D eigenvalue weighted by Crippen LogP contribution is 2.25. The second-order valence-corrected chi connectivity index (χ2v) is 4.40. The van der Waals surface area contributed by atoms with Gasteiger partial charge in [-0.15, -0.1) is 13.2 Å². The molecule has 4 nitrogen and oxygen atoms in total. The molecular weight excluding hydrogens is 283 g/mol. The van der Waals surface area contributed by atoms with E-state index in [0.717, 1.165) is 11.1 Å². The van der Waals surface area contributed by atoms with E-state index in [1.807, 2.05) is 12.1 Å². The highest BCUT2D eigenvalue weighted by molar-refractivity contribution is 5.30. The molecular formula is C14H14F3N3O. The van der Waals surface area contributed by atoms with E-state index in [2.05, 4.69) is 15.1 Å². The highest BCUT2D eigenvalue weighted by atomic mass is 19.4. The Hall–Kier alpha value is -2.12. The molecule has 0 aliphatic rings. The first-order valence-electron chi connectivity index (χ1n) is 6.18. The average Bonchev–Trinajstić information content (AvgIpc) is 2.45. The molecule has 2 rings (SSSR count). The van der Waals surface area contributed by atoms with Crippen LogP contribution in [-0.4, -0.2) is 11.3 Å². The lowest BCUT2D eigenvalue weighted by Crippen LogP contribution is -2.29.